The quantitative estimate of drug-likeness (QED) is 0.924. The molecule has 0 saturated carbocycles. The second-order valence-corrected chi connectivity index (χ2v) is 4.82. The maximum absolute atomic E-state index is 10.8. The number of aryl methyl sites for hydroxylation is 1. The van der Waals surface area contributed by atoms with E-state index in [1.165, 1.54) is 0 Å². The fraction of sp³-hybridized carbons (Fsp3) is 0.417. The minimum absolute atomic E-state index is 0.0149. The van der Waals surface area contributed by atoms with E-state index in [2.05, 4.69) is 10.1 Å². The minimum atomic E-state index is -0.856. The summed E-state index contributed by atoms with van der Waals surface area (Å²) in [5.41, 5.74) is 2.34. The molecule has 0 radical (unpaired) electrons. The van der Waals surface area contributed by atoms with Gasteiger partial charge in [-0.25, -0.2) is 4.98 Å². The van der Waals surface area contributed by atoms with Gasteiger partial charge in [-0.15, -0.1) is 0 Å². The van der Waals surface area contributed by atoms with Gasteiger partial charge < -0.3 is 9.67 Å². The Bertz CT molecular complexity index is 630. The molecule has 0 aliphatic carbocycles. The molecule has 0 aliphatic heterocycles. The molecular weight excluding hydrogens is 268 g/mol. The third-order valence-corrected chi connectivity index (χ3v) is 3.53. The van der Waals surface area contributed by atoms with E-state index in [9.17, 15) is 4.79 Å². The van der Waals surface area contributed by atoms with Crippen molar-refractivity contribution in [1.29, 1.82) is 0 Å². The SMILES string of the molecule is Cc1nn(Cc2ncc(Cl)n2C)c(C)c1CC(=O)O. The van der Waals surface area contributed by atoms with E-state index in [0.717, 1.165) is 22.8 Å². The number of carboxylic acid groups (broad SMARTS) is 1. The Morgan fingerprint density at radius 3 is 2.68 bits per heavy atom. The Balaban J connectivity index is 2.31. The van der Waals surface area contributed by atoms with Gasteiger partial charge >= 0.3 is 5.97 Å². The topological polar surface area (TPSA) is 72.9 Å². The third-order valence-electron chi connectivity index (χ3n) is 3.18. The Morgan fingerprint density at radius 2 is 2.16 bits per heavy atom. The van der Waals surface area contributed by atoms with E-state index in [0.29, 0.717) is 11.7 Å². The molecule has 0 atom stereocenters. The van der Waals surface area contributed by atoms with E-state index in [1.807, 2.05) is 20.9 Å². The fourth-order valence-electron chi connectivity index (χ4n) is 2.00. The normalized spacial score (nSPS) is 10.9. The van der Waals surface area contributed by atoms with Crippen molar-refractivity contribution in [2.75, 3.05) is 0 Å². The van der Waals surface area contributed by atoms with Crippen molar-refractivity contribution in [2.45, 2.75) is 26.8 Å². The molecule has 2 heterocycles. The van der Waals surface area contributed by atoms with Crippen molar-refractivity contribution in [3.63, 3.8) is 0 Å². The smallest absolute Gasteiger partial charge is 0.307 e. The molecule has 0 aromatic carbocycles. The summed E-state index contributed by atoms with van der Waals surface area (Å²) in [7, 11) is 1.83. The predicted molar refractivity (Wildman–Crippen MR) is 70.4 cm³/mol. The van der Waals surface area contributed by atoms with Crippen LogP contribution in [0.25, 0.3) is 0 Å². The zero-order valence-corrected chi connectivity index (χ0v) is 11.8. The molecule has 2 aromatic rings. The van der Waals surface area contributed by atoms with E-state index in [-0.39, 0.29) is 6.42 Å². The van der Waals surface area contributed by atoms with Gasteiger partial charge in [0, 0.05) is 18.3 Å². The van der Waals surface area contributed by atoms with Gasteiger partial charge in [-0.1, -0.05) is 11.6 Å². The van der Waals surface area contributed by atoms with Crippen molar-refractivity contribution in [1.82, 2.24) is 19.3 Å². The lowest BCUT2D eigenvalue weighted by Crippen LogP contribution is -2.10. The lowest BCUT2D eigenvalue weighted by atomic mass is 10.1. The first-order valence-electron chi connectivity index (χ1n) is 5.81. The van der Waals surface area contributed by atoms with E-state index >= 15 is 0 Å². The highest BCUT2D eigenvalue weighted by molar-refractivity contribution is 6.29. The van der Waals surface area contributed by atoms with Crippen LogP contribution in [-0.2, 0) is 24.8 Å². The van der Waals surface area contributed by atoms with Crippen molar-refractivity contribution in [3.05, 3.63) is 34.1 Å². The highest BCUT2D eigenvalue weighted by Crippen LogP contribution is 2.16. The molecule has 1 N–H and O–H groups in total. The average Bonchev–Trinajstić information content (AvgIpc) is 2.77. The second kappa shape index (κ2) is 5.05. The van der Waals surface area contributed by atoms with Crippen LogP contribution in [0.5, 0.6) is 0 Å². The Labute approximate surface area is 115 Å². The van der Waals surface area contributed by atoms with Gasteiger partial charge in [-0.05, 0) is 13.8 Å². The second-order valence-electron chi connectivity index (χ2n) is 4.43. The Kier molecular flexibility index (Phi) is 3.61. The van der Waals surface area contributed by atoms with Gasteiger partial charge in [0.2, 0.25) is 0 Å². The molecule has 6 nitrogen and oxygen atoms in total. The van der Waals surface area contributed by atoms with Gasteiger partial charge in [-0.3, -0.25) is 9.48 Å². The van der Waals surface area contributed by atoms with Crippen LogP contribution in [0.15, 0.2) is 6.20 Å². The van der Waals surface area contributed by atoms with E-state index in [4.69, 9.17) is 16.7 Å². The van der Waals surface area contributed by atoms with Crippen LogP contribution in [0.1, 0.15) is 22.8 Å². The summed E-state index contributed by atoms with van der Waals surface area (Å²) in [4.78, 5) is 15.0. The number of aliphatic carboxylic acids is 1. The predicted octanol–water partition coefficient (Wildman–Crippen LogP) is 1.56. The molecule has 0 unspecified atom stereocenters. The summed E-state index contributed by atoms with van der Waals surface area (Å²) in [5, 5.41) is 13.8. The third kappa shape index (κ3) is 2.63. The number of nitrogens with zero attached hydrogens (tertiary/aromatic N) is 4. The number of hydrogen-bond donors (Lipinski definition) is 1. The van der Waals surface area contributed by atoms with Gasteiger partial charge in [0.1, 0.15) is 11.0 Å². The zero-order chi connectivity index (χ0) is 14.2. The van der Waals surface area contributed by atoms with Crippen LogP contribution in [0.2, 0.25) is 5.15 Å². The lowest BCUT2D eigenvalue weighted by Gasteiger charge is -2.05. The monoisotopic (exact) mass is 282 g/mol. The van der Waals surface area contributed by atoms with Crippen molar-refractivity contribution >= 4 is 17.6 Å². The largest absolute Gasteiger partial charge is 0.481 e. The average molecular weight is 283 g/mol. The highest BCUT2D eigenvalue weighted by atomic mass is 35.5. The number of aromatic nitrogens is 4. The van der Waals surface area contributed by atoms with Gasteiger partial charge in [-0.2, -0.15) is 5.10 Å². The van der Waals surface area contributed by atoms with Crippen LogP contribution in [0, 0.1) is 13.8 Å². The van der Waals surface area contributed by atoms with Gasteiger partial charge in [0.25, 0.3) is 0 Å². The first kappa shape index (κ1) is 13.6. The Hall–Kier alpha value is -1.82. The molecule has 2 rings (SSSR count). The van der Waals surface area contributed by atoms with Crippen molar-refractivity contribution in [2.24, 2.45) is 7.05 Å². The molecule has 19 heavy (non-hydrogen) atoms. The lowest BCUT2D eigenvalue weighted by molar-refractivity contribution is -0.136. The molecule has 0 amide bonds. The minimum Gasteiger partial charge on any atom is -0.481 e. The van der Waals surface area contributed by atoms with Gasteiger partial charge in [0.15, 0.2) is 0 Å². The first-order chi connectivity index (χ1) is 8.90. The van der Waals surface area contributed by atoms with Crippen LogP contribution in [0.4, 0.5) is 0 Å². The maximum Gasteiger partial charge on any atom is 0.307 e. The number of rotatable bonds is 4. The number of hydrogen-bond acceptors (Lipinski definition) is 3. The fourth-order valence-corrected chi connectivity index (χ4v) is 2.15. The van der Waals surface area contributed by atoms with Crippen LogP contribution < -0.4 is 0 Å². The Morgan fingerprint density at radius 1 is 1.47 bits per heavy atom. The highest BCUT2D eigenvalue weighted by Gasteiger charge is 2.15. The molecule has 0 aliphatic rings. The molecule has 102 valence electrons. The van der Waals surface area contributed by atoms with Crippen molar-refractivity contribution < 1.29 is 9.90 Å². The van der Waals surface area contributed by atoms with Crippen LogP contribution in [0.3, 0.4) is 0 Å². The molecule has 0 bridgehead atoms. The van der Waals surface area contributed by atoms with Gasteiger partial charge in [0.05, 0.1) is 24.9 Å². The molecule has 7 heteroatoms. The van der Waals surface area contributed by atoms with E-state index < -0.39 is 5.97 Å². The number of carbonyl (C=O) groups is 1. The molecule has 0 spiro atoms. The summed E-state index contributed by atoms with van der Waals surface area (Å²) in [5.74, 6) is -0.0803. The molecule has 2 aromatic heterocycles. The number of imidazole rings is 1. The summed E-state index contributed by atoms with van der Waals surface area (Å²) >= 11 is 5.93. The van der Waals surface area contributed by atoms with Crippen LogP contribution >= 0.6 is 11.6 Å². The summed E-state index contributed by atoms with van der Waals surface area (Å²) < 4.78 is 3.53. The van der Waals surface area contributed by atoms with Crippen molar-refractivity contribution in [3.8, 4) is 0 Å². The molecule has 0 saturated heterocycles. The molecular formula is C12H15ClN4O2. The van der Waals surface area contributed by atoms with E-state index in [1.54, 1.807) is 15.4 Å². The molecule has 0 fully saturated rings. The standard InChI is InChI=1S/C12H15ClN4O2/c1-7-9(4-12(18)19)8(2)17(15-7)6-11-14-5-10(13)16(11)3/h5H,4,6H2,1-3H3,(H,18,19). The summed E-state index contributed by atoms with van der Waals surface area (Å²) in [6, 6.07) is 0. The summed E-state index contributed by atoms with van der Waals surface area (Å²) in [6.07, 6.45) is 1.57. The summed E-state index contributed by atoms with van der Waals surface area (Å²) in [6.45, 7) is 4.14. The zero-order valence-electron chi connectivity index (χ0n) is 11.0. The number of halogens is 1. The van der Waals surface area contributed by atoms with Crippen LogP contribution in [-0.4, -0.2) is 30.4 Å². The number of carboxylic acids is 1. The first-order valence-corrected chi connectivity index (χ1v) is 6.18. The maximum atomic E-state index is 10.8.